The van der Waals surface area contributed by atoms with Crippen molar-refractivity contribution in [3.05, 3.63) is 59.1 Å². The summed E-state index contributed by atoms with van der Waals surface area (Å²) < 4.78 is 0. The summed E-state index contributed by atoms with van der Waals surface area (Å²) in [5.41, 5.74) is 3.41. The van der Waals surface area contributed by atoms with Crippen molar-refractivity contribution in [1.82, 2.24) is 10.2 Å². The Bertz CT molecular complexity index is 755. The third-order valence-electron chi connectivity index (χ3n) is 4.86. The molecule has 1 fully saturated rings. The number of halogens is 1. The maximum absolute atomic E-state index is 12.3. The number of rotatable bonds is 6. The molecular formula is C21H27ClN4O. The number of carbonyl (C=O) groups excluding carboxylic acids is 1. The molecule has 1 aliphatic heterocycles. The second-order valence-electron chi connectivity index (χ2n) is 7.08. The molecule has 5 nitrogen and oxygen atoms in total. The normalized spacial score (nSPS) is 14.9. The number of carbonyl (C=O) groups is 1. The van der Waals surface area contributed by atoms with E-state index in [9.17, 15) is 4.79 Å². The zero-order chi connectivity index (χ0) is 19.2. The molecule has 1 heterocycles. The third kappa shape index (κ3) is 5.62. The quantitative estimate of drug-likeness (QED) is 0.828. The Morgan fingerprint density at radius 3 is 2.41 bits per heavy atom. The fraction of sp³-hybridized carbons (Fsp3) is 0.381. The SMILES string of the molecule is CN(C)c1ccc(CNC(=O)CN2CCN(c3cccc(Cl)c3)CC2)cc1. The summed E-state index contributed by atoms with van der Waals surface area (Å²) in [6.07, 6.45) is 0. The lowest BCUT2D eigenvalue weighted by Gasteiger charge is -2.35. The Kier molecular flexibility index (Phi) is 6.58. The minimum absolute atomic E-state index is 0.0721. The number of hydrogen-bond acceptors (Lipinski definition) is 4. The predicted molar refractivity (Wildman–Crippen MR) is 113 cm³/mol. The van der Waals surface area contributed by atoms with E-state index < -0.39 is 0 Å². The van der Waals surface area contributed by atoms with Crippen LogP contribution in [0.4, 0.5) is 11.4 Å². The lowest BCUT2D eigenvalue weighted by atomic mass is 10.2. The summed E-state index contributed by atoms with van der Waals surface area (Å²) in [5, 5.41) is 3.78. The summed E-state index contributed by atoms with van der Waals surface area (Å²) in [5.74, 6) is 0.0721. The zero-order valence-corrected chi connectivity index (χ0v) is 16.7. The minimum Gasteiger partial charge on any atom is -0.378 e. The van der Waals surface area contributed by atoms with Crippen molar-refractivity contribution in [2.45, 2.75) is 6.54 Å². The van der Waals surface area contributed by atoms with Crippen LogP contribution in [0.15, 0.2) is 48.5 Å². The fourth-order valence-electron chi connectivity index (χ4n) is 3.21. The van der Waals surface area contributed by atoms with E-state index in [1.54, 1.807) is 0 Å². The monoisotopic (exact) mass is 386 g/mol. The number of benzene rings is 2. The van der Waals surface area contributed by atoms with E-state index >= 15 is 0 Å². The van der Waals surface area contributed by atoms with E-state index in [4.69, 9.17) is 11.6 Å². The molecule has 0 radical (unpaired) electrons. The first kappa shape index (κ1) is 19.5. The third-order valence-corrected chi connectivity index (χ3v) is 5.09. The molecule has 0 saturated carbocycles. The minimum atomic E-state index is 0.0721. The fourth-order valence-corrected chi connectivity index (χ4v) is 3.39. The molecule has 2 aromatic rings. The van der Waals surface area contributed by atoms with E-state index in [0.29, 0.717) is 13.1 Å². The van der Waals surface area contributed by atoms with Gasteiger partial charge in [-0.2, -0.15) is 0 Å². The number of anilines is 2. The highest BCUT2D eigenvalue weighted by molar-refractivity contribution is 6.30. The number of hydrogen-bond donors (Lipinski definition) is 1. The van der Waals surface area contributed by atoms with Crippen LogP contribution in [0.2, 0.25) is 5.02 Å². The average Bonchev–Trinajstić information content (AvgIpc) is 2.67. The van der Waals surface area contributed by atoms with Crippen molar-refractivity contribution in [3.63, 3.8) is 0 Å². The number of nitrogens with zero attached hydrogens (tertiary/aromatic N) is 3. The molecule has 0 unspecified atom stereocenters. The molecule has 0 aliphatic carbocycles. The molecule has 0 aromatic heterocycles. The summed E-state index contributed by atoms with van der Waals surface area (Å²) in [7, 11) is 4.03. The summed E-state index contributed by atoms with van der Waals surface area (Å²) >= 11 is 6.08. The van der Waals surface area contributed by atoms with Gasteiger partial charge < -0.3 is 15.1 Å². The molecule has 27 heavy (non-hydrogen) atoms. The first-order valence-corrected chi connectivity index (χ1v) is 9.65. The van der Waals surface area contributed by atoms with Crippen LogP contribution in [0.1, 0.15) is 5.56 Å². The molecule has 144 valence electrons. The Balaban J connectivity index is 1.41. The molecule has 1 aliphatic rings. The zero-order valence-electron chi connectivity index (χ0n) is 16.0. The molecule has 0 spiro atoms. The van der Waals surface area contributed by atoms with Gasteiger partial charge in [-0.1, -0.05) is 29.8 Å². The smallest absolute Gasteiger partial charge is 0.234 e. The maximum atomic E-state index is 12.3. The van der Waals surface area contributed by atoms with Gasteiger partial charge in [0.15, 0.2) is 0 Å². The van der Waals surface area contributed by atoms with Gasteiger partial charge in [0, 0.05) is 63.2 Å². The first-order valence-electron chi connectivity index (χ1n) is 9.27. The second kappa shape index (κ2) is 9.11. The summed E-state index contributed by atoms with van der Waals surface area (Å²) in [6, 6.07) is 16.2. The van der Waals surface area contributed by atoms with Crippen molar-refractivity contribution in [3.8, 4) is 0 Å². The number of amides is 1. The van der Waals surface area contributed by atoms with Gasteiger partial charge in [0.25, 0.3) is 0 Å². The summed E-state index contributed by atoms with van der Waals surface area (Å²) in [4.78, 5) is 18.8. The molecular weight excluding hydrogens is 360 g/mol. The van der Waals surface area contributed by atoms with Gasteiger partial charge in [-0.25, -0.2) is 0 Å². The molecule has 1 N–H and O–H groups in total. The molecule has 2 aromatic carbocycles. The largest absolute Gasteiger partial charge is 0.378 e. The van der Waals surface area contributed by atoms with E-state index in [0.717, 1.165) is 48.1 Å². The van der Waals surface area contributed by atoms with Crippen LogP contribution in [-0.2, 0) is 11.3 Å². The van der Waals surface area contributed by atoms with Gasteiger partial charge in [0.1, 0.15) is 0 Å². The van der Waals surface area contributed by atoms with Crippen molar-refractivity contribution in [2.75, 3.05) is 56.6 Å². The van der Waals surface area contributed by atoms with Gasteiger partial charge in [0.2, 0.25) is 5.91 Å². The van der Waals surface area contributed by atoms with Crippen molar-refractivity contribution >= 4 is 28.9 Å². The molecule has 1 amide bonds. The molecule has 0 atom stereocenters. The van der Waals surface area contributed by atoms with Gasteiger partial charge in [-0.15, -0.1) is 0 Å². The van der Waals surface area contributed by atoms with E-state index in [-0.39, 0.29) is 5.91 Å². The number of piperazine rings is 1. The molecule has 0 bridgehead atoms. The summed E-state index contributed by atoms with van der Waals surface area (Å²) in [6.45, 7) is 4.56. The Morgan fingerprint density at radius 2 is 1.78 bits per heavy atom. The van der Waals surface area contributed by atoms with Crippen LogP contribution in [0.25, 0.3) is 0 Å². The van der Waals surface area contributed by atoms with E-state index in [2.05, 4.69) is 50.3 Å². The molecule has 6 heteroatoms. The predicted octanol–water partition coefficient (Wildman–Crippen LogP) is 2.84. The lowest BCUT2D eigenvalue weighted by molar-refractivity contribution is -0.122. The average molecular weight is 387 g/mol. The first-order chi connectivity index (χ1) is 13.0. The van der Waals surface area contributed by atoms with Gasteiger partial charge in [-0.05, 0) is 35.9 Å². The Labute approximate surface area is 166 Å². The van der Waals surface area contributed by atoms with Gasteiger partial charge in [-0.3, -0.25) is 9.69 Å². The Hall–Kier alpha value is -2.24. The standard InChI is InChI=1S/C21H27ClN4O/c1-24(2)19-8-6-17(7-9-19)15-23-21(27)16-25-10-12-26(13-11-25)20-5-3-4-18(22)14-20/h3-9,14H,10-13,15-16H2,1-2H3,(H,23,27). The molecule has 3 rings (SSSR count). The van der Waals surface area contributed by atoms with Crippen LogP contribution in [-0.4, -0.2) is 57.6 Å². The molecule has 1 saturated heterocycles. The highest BCUT2D eigenvalue weighted by Crippen LogP contribution is 2.20. The van der Waals surface area contributed by atoms with Crippen LogP contribution < -0.4 is 15.1 Å². The van der Waals surface area contributed by atoms with E-state index in [1.807, 2.05) is 32.3 Å². The lowest BCUT2D eigenvalue weighted by Crippen LogP contribution is -2.49. The second-order valence-corrected chi connectivity index (χ2v) is 7.52. The van der Waals surface area contributed by atoms with Crippen LogP contribution in [0.3, 0.4) is 0 Å². The maximum Gasteiger partial charge on any atom is 0.234 e. The Morgan fingerprint density at radius 1 is 1.07 bits per heavy atom. The van der Waals surface area contributed by atoms with Crippen LogP contribution in [0, 0.1) is 0 Å². The van der Waals surface area contributed by atoms with Gasteiger partial charge in [0.05, 0.1) is 6.54 Å². The van der Waals surface area contributed by atoms with Crippen molar-refractivity contribution < 1.29 is 4.79 Å². The topological polar surface area (TPSA) is 38.8 Å². The van der Waals surface area contributed by atoms with Crippen molar-refractivity contribution in [1.29, 1.82) is 0 Å². The van der Waals surface area contributed by atoms with Crippen LogP contribution >= 0.6 is 11.6 Å². The highest BCUT2D eigenvalue weighted by atomic mass is 35.5. The highest BCUT2D eigenvalue weighted by Gasteiger charge is 2.19. The van der Waals surface area contributed by atoms with Crippen LogP contribution in [0.5, 0.6) is 0 Å². The number of nitrogens with one attached hydrogen (secondary N) is 1. The van der Waals surface area contributed by atoms with E-state index in [1.165, 1.54) is 0 Å². The van der Waals surface area contributed by atoms with Gasteiger partial charge >= 0.3 is 0 Å². The van der Waals surface area contributed by atoms with Crippen molar-refractivity contribution in [2.24, 2.45) is 0 Å².